The van der Waals surface area contributed by atoms with Crippen LogP contribution in [0.2, 0.25) is 0 Å². The summed E-state index contributed by atoms with van der Waals surface area (Å²) in [5.74, 6) is 0.944. The van der Waals surface area contributed by atoms with Crippen molar-refractivity contribution in [3.63, 3.8) is 0 Å². The van der Waals surface area contributed by atoms with Crippen LogP contribution < -0.4 is 20.1 Å². The molecule has 1 aliphatic heterocycles. The molecule has 2 aromatic rings. The van der Waals surface area contributed by atoms with Gasteiger partial charge >= 0.3 is 0 Å². The average Bonchev–Trinajstić information content (AvgIpc) is 3.15. The number of anilines is 1. The third-order valence-electron chi connectivity index (χ3n) is 4.24. The van der Waals surface area contributed by atoms with Crippen molar-refractivity contribution in [2.24, 2.45) is 0 Å². The first kappa shape index (κ1) is 18.2. The van der Waals surface area contributed by atoms with Gasteiger partial charge in [0.15, 0.2) is 5.69 Å². The van der Waals surface area contributed by atoms with E-state index in [9.17, 15) is 4.79 Å². The minimum absolute atomic E-state index is 0.283. The van der Waals surface area contributed by atoms with E-state index in [0.717, 1.165) is 25.9 Å². The fraction of sp³-hybridized carbons (Fsp3) is 0.500. The SMILES string of the molecule is CCOc1ccc(OCC)c(NC(=O)c2cn(C3CCNCC3)nn2)c1. The maximum absolute atomic E-state index is 12.6. The number of hydrogen-bond donors (Lipinski definition) is 2. The second kappa shape index (κ2) is 8.66. The summed E-state index contributed by atoms with van der Waals surface area (Å²) in [6.07, 6.45) is 3.67. The molecule has 3 rings (SSSR count). The molecule has 0 atom stereocenters. The second-order valence-corrected chi connectivity index (χ2v) is 6.04. The number of nitrogens with zero attached hydrogens (tertiary/aromatic N) is 3. The predicted octanol–water partition coefficient (Wildman–Crippen LogP) is 2.25. The van der Waals surface area contributed by atoms with Gasteiger partial charge in [0.25, 0.3) is 5.91 Å². The number of aromatic nitrogens is 3. The number of carbonyl (C=O) groups excluding carboxylic acids is 1. The first-order valence-electron chi connectivity index (χ1n) is 9.04. The Hall–Kier alpha value is -2.61. The van der Waals surface area contributed by atoms with E-state index in [1.54, 1.807) is 23.0 Å². The number of amides is 1. The van der Waals surface area contributed by atoms with Gasteiger partial charge in [-0.2, -0.15) is 0 Å². The molecule has 8 heteroatoms. The Morgan fingerprint density at radius 1 is 1.27 bits per heavy atom. The molecule has 2 heterocycles. The van der Waals surface area contributed by atoms with Crippen LogP contribution in [0.5, 0.6) is 11.5 Å². The van der Waals surface area contributed by atoms with Gasteiger partial charge in [-0.25, -0.2) is 4.68 Å². The highest BCUT2D eigenvalue weighted by Gasteiger charge is 2.19. The fourth-order valence-electron chi connectivity index (χ4n) is 2.96. The summed E-state index contributed by atoms with van der Waals surface area (Å²) in [6.45, 7) is 6.76. The molecule has 0 saturated carbocycles. The highest BCUT2D eigenvalue weighted by molar-refractivity contribution is 6.03. The minimum Gasteiger partial charge on any atom is -0.494 e. The zero-order chi connectivity index (χ0) is 18.4. The molecule has 26 heavy (non-hydrogen) atoms. The van der Waals surface area contributed by atoms with E-state index < -0.39 is 0 Å². The van der Waals surface area contributed by atoms with Crippen LogP contribution in [0.4, 0.5) is 5.69 Å². The van der Waals surface area contributed by atoms with Crippen molar-refractivity contribution in [1.82, 2.24) is 20.3 Å². The molecule has 0 radical (unpaired) electrons. The van der Waals surface area contributed by atoms with Gasteiger partial charge in [-0.05, 0) is 51.9 Å². The lowest BCUT2D eigenvalue weighted by molar-refractivity contribution is 0.102. The highest BCUT2D eigenvalue weighted by atomic mass is 16.5. The number of rotatable bonds is 7. The molecule has 1 aromatic carbocycles. The maximum atomic E-state index is 12.6. The van der Waals surface area contributed by atoms with Gasteiger partial charge in [0, 0.05) is 6.07 Å². The Balaban J connectivity index is 1.74. The van der Waals surface area contributed by atoms with Gasteiger partial charge in [-0.1, -0.05) is 5.21 Å². The Labute approximate surface area is 152 Å². The second-order valence-electron chi connectivity index (χ2n) is 6.04. The number of hydrogen-bond acceptors (Lipinski definition) is 6. The Bertz CT molecular complexity index is 740. The lowest BCUT2D eigenvalue weighted by Crippen LogP contribution is -2.29. The molecule has 1 saturated heterocycles. The van der Waals surface area contributed by atoms with Gasteiger partial charge in [-0.3, -0.25) is 4.79 Å². The number of piperidine rings is 1. The zero-order valence-electron chi connectivity index (χ0n) is 15.2. The number of ether oxygens (including phenoxy) is 2. The van der Waals surface area contributed by atoms with E-state index in [0.29, 0.717) is 30.4 Å². The van der Waals surface area contributed by atoms with Gasteiger partial charge in [0.1, 0.15) is 11.5 Å². The molecule has 0 spiro atoms. The van der Waals surface area contributed by atoms with Crippen LogP contribution in [0.25, 0.3) is 0 Å². The molecule has 140 valence electrons. The van der Waals surface area contributed by atoms with Gasteiger partial charge in [0.05, 0.1) is 31.1 Å². The van der Waals surface area contributed by atoms with Crippen LogP contribution in [0, 0.1) is 0 Å². The van der Waals surface area contributed by atoms with Crippen molar-refractivity contribution in [3.8, 4) is 11.5 Å². The number of benzene rings is 1. The monoisotopic (exact) mass is 359 g/mol. The predicted molar refractivity (Wildman–Crippen MR) is 97.9 cm³/mol. The van der Waals surface area contributed by atoms with Crippen molar-refractivity contribution in [3.05, 3.63) is 30.1 Å². The first-order chi connectivity index (χ1) is 12.7. The van der Waals surface area contributed by atoms with Crippen molar-refractivity contribution in [2.45, 2.75) is 32.7 Å². The third kappa shape index (κ3) is 4.32. The molecule has 0 bridgehead atoms. The summed E-state index contributed by atoms with van der Waals surface area (Å²) >= 11 is 0. The van der Waals surface area contributed by atoms with Crippen LogP contribution in [0.3, 0.4) is 0 Å². The summed E-state index contributed by atoms with van der Waals surface area (Å²) in [5, 5.41) is 14.3. The van der Waals surface area contributed by atoms with E-state index in [1.807, 2.05) is 19.9 Å². The van der Waals surface area contributed by atoms with Crippen LogP contribution >= 0.6 is 0 Å². The summed E-state index contributed by atoms with van der Waals surface area (Å²) < 4.78 is 12.9. The molecule has 1 amide bonds. The third-order valence-corrected chi connectivity index (χ3v) is 4.24. The van der Waals surface area contributed by atoms with Crippen LogP contribution in [0.1, 0.15) is 43.2 Å². The first-order valence-corrected chi connectivity index (χ1v) is 9.04. The molecule has 1 aromatic heterocycles. The molecule has 2 N–H and O–H groups in total. The number of nitrogens with one attached hydrogen (secondary N) is 2. The number of carbonyl (C=O) groups is 1. The fourth-order valence-corrected chi connectivity index (χ4v) is 2.96. The van der Waals surface area contributed by atoms with Crippen molar-refractivity contribution in [2.75, 3.05) is 31.6 Å². The lowest BCUT2D eigenvalue weighted by atomic mass is 10.1. The van der Waals surface area contributed by atoms with E-state index in [1.165, 1.54) is 0 Å². The average molecular weight is 359 g/mol. The zero-order valence-corrected chi connectivity index (χ0v) is 15.2. The van der Waals surface area contributed by atoms with Gasteiger partial charge in [-0.15, -0.1) is 5.10 Å². The smallest absolute Gasteiger partial charge is 0.277 e. The molecule has 1 aliphatic rings. The molecule has 1 fully saturated rings. The Morgan fingerprint density at radius 3 is 2.77 bits per heavy atom. The van der Waals surface area contributed by atoms with Gasteiger partial charge in [0.2, 0.25) is 0 Å². The summed E-state index contributed by atoms with van der Waals surface area (Å²) in [7, 11) is 0. The van der Waals surface area contributed by atoms with Crippen LogP contribution in [-0.2, 0) is 0 Å². The highest BCUT2D eigenvalue weighted by Crippen LogP contribution is 2.30. The summed E-state index contributed by atoms with van der Waals surface area (Å²) in [4.78, 5) is 12.6. The van der Waals surface area contributed by atoms with Crippen LogP contribution in [-0.4, -0.2) is 47.2 Å². The summed E-state index contributed by atoms with van der Waals surface area (Å²) in [5.41, 5.74) is 0.840. The molecular weight excluding hydrogens is 334 g/mol. The molecular formula is C18H25N5O3. The molecule has 8 nitrogen and oxygen atoms in total. The largest absolute Gasteiger partial charge is 0.494 e. The van der Waals surface area contributed by atoms with E-state index in [-0.39, 0.29) is 17.6 Å². The van der Waals surface area contributed by atoms with Crippen molar-refractivity contribution >= 4 is 11.6 Å². The summed E-state index contributed by atoms with van der Waals surface area (Å²) in [6, 6.07) is 5.64. The topological polar surface area (TPSA) is 90.3 Å². The Kier molecular flexibility index (Phi) is 6.06. The minimum atomic E-state index is -0.320. The maximum Gasteiger partial charge on any atom is 0.277 e. The molecule has 0 unspecified atom stereocenters. The van der Waals surface area contributed by atoms with Crippen molar-refractivity contribution < 1.29 is 14.3 Å². The van der Waals surface area contributed by atoms with Gasteiger partial charge < -0.3 is 20.1 Å². The Morgan fingerprint density at radius 2 is 2.04 bits per heavy atom. The van der Waals surface area contributed by atoms with Crippen LogP contribution in [0.15, 0.2) is 24.4 Å². The normalized spacial score (nSPS) is 14.8. The van der Waals surface area contributed by atoms with E-state index >= 15 is 0 Å². The standard InChI is InChI=1S/C18H25N5O3/c1-3-25-14-5-6-17(26-4-2)15(11-14)20-18(24)16-12-23(22-21-16)13-7-9-19-10-8-13/h5-6,11-13,19H,3-4,7-10H2,1-2H3,(H,20,24). The van der Waals surface area contributed by atoms with E-state index in [2.05, 4.69) is 20.9 Å². The van der Waals surface area contributed by atoms with E-state index in [4.69, 9.17) is 9.47 Å². The van der Waals surface area contributed by atoms with Crippen molar-refractivity contribution in [1.29, 1.82) is 0 Å². The lowest BCUT2D eigenvalue weighted by Gasteiger charge is -2.22. The quantitative estimate of drug-likeness (QED) is 0.788. The molecule has 0 aliphatic carbocycles.